The molecule has 1 aromatic carbocycles. The fourth-order valence-corrected chi connectivity index (χ4v) is 3.38. The standard InChI is InChI=1S/C13H15BClIN2O4/c15-10-6-8(16)3-4-9(10)13(20)17-7-12(19)18-5-1-2-11(18)14(21)22/h3-4,6,11,21-22H,1-2,5,7H2,(H,17,20). The highest BCUT2D eigenvalue weighted by atomic mass is 127. The summed E-state index contributed by atoms with van der Waals surface area (Å²) >= 11 is 8.09. The van der Waals surface area contributed by atoms with E-state index in [4.69, 9.17) is 11.6 Å². The smallest absolute Gasteiger partial charge is 0.426 e. The number of halogens is 2. The van der Waals surface area contributed by atoms with Gasteiger partial charge in [-0.1, -0.05) is 11.6 Å². The maximum atomic E-state index is 12.1. The molecule has 3 N–H and O–H groups in total. The second kappa shape index (κ2) is 7.63. The third kappa shape index (κ3) is 4.12. The van der Waals surface area contributed by atoms with Crippen molar-refractivity contribution in [3.8, 4) is 0 Å². The van der Waals surface area contributed by atoms with E-state index in [1.54, 1.807) is 18.2 Å². The van der Waals surface area contributed by atoms with E-state index in [0.29, 0.717) is 30.0 Å². The molecule has 118 valence electrons. The van der Waals surface area contributed by atoms with E-state index in [1.807, 2.05) is 0 Å². The number of nitrogens with one attached hydrogen (secondary N) is 1. The van der Waals surface area contributed by atoms with Crippen LogP contribution < -0.4 is 5.32 Å². The van der Waals surface area contributed by atoms with Crippen molar-refractivity contribution in [2.24, 2.45) is 0 Å². The summed E-state index contributed by atoms with van der Waals surface area (Å²) in [5.41, 5.74) is 0.301. The maximum Gasteiger partial charge on any atom is 0.475 e. The predicted molar refractivity (Wildman–Crippen MR) is 91.4 cm³/mol. The first-order chi connectivity index (χ1) is 10.4. The van der Waals surface area contributed by atoms with E-state index in [2.05, 4.69) is 27.9 Å². The van der Waals surface area contributed by atoms with Crippen molar-refractivity contribution in [3.05, 3.63) is 32.4 Å². The van der Waals surface area contributed by atoms with Gasteiger partial charge in [0.2, 0.25) is 5.91 Å². The molecule has 1 fully saturated rings. The number of hydrogen-bond donors (Lipinski definition) is 3. The summed E-state index contributed by atoms with van der Waals surface area (Å²) in [5, 5.41) is 21.3. The van der Waals surface area contributed by atoms with Crippen molar-refractivity contribution in [3.63, 3.8) is 0 Å². The van der Waals surface area contributed by atoms with Crippen LogP contribution >= 0.6 is 34.2 Å². The SMILES string of the molecule is O=C(NCC(=O)N1CCCC1B(O)O)c1ccc(I)cc1Cl. The summed E-state index contributed by atoms with van der Waals surface area (Å²) < 4.78 is 0.909. The van der Waals surface area contributed by atoms with Gasteiger partial charge in [0.15, 0.2) is 0 Å². The lowest BCUT2D eigenvalue weighted by atomic mass is 9.78. The number of nitrogens with zero attached hydrogens (tertiary/aromatic N) is 1. The van der Waals surface area contributed by atoms with Gasteiger partial charge in [0, 0.05) is 10.1 Å². The Balaban J connectivity index is 1.94. The molecule has 0 spiro atoms. The molecule has 1 saturated heterocycles. The topological polar surface area (TPSA) is 89.9 Å². The number of likely N-dealkylation sites (tertiary alicyclic amines) is 1. The largest absolute Gasteiger partial charge is 0.475 e. The molecule has 9 heteroatoms. The molecule has 1 aromatic rings. The van der Waals surface area contributed by atoms with Gasteiger partial charge in [-0.3, -0.25) is 9.59 Å². The second-order valence-electron chi connectivity index (χ2n) is 5.02. The minimum atomic E-state index is -1.56. The van der Waals surface area contributed by atoms with Crippen LogP contribution in [0.2, 0.25) is 5.02 Å². The summed E-state index contributed by atoms with van der Waals surface area (Å²) in [7, 11) is -1.56. The van der Waals surface area contributed by atoms with Crippen LogP contribution in [0.5, 0.6) is 0 Å². The summed E-state index contributed by atoms with van der Waals surface area (Å²) in [6, 6.07) is 5.01. The predicted octanol–water partition coefficient (Wildman–Crippen LogP) is 0.677. The highest BCUT2D eigenvalue weighted by Crippen LogP contribution is 2.20. The number of amides is 2. The zero-order valence-electron chi connectivity index (χ0n) is 11.6. The minimum absolute atomic E-state index is 0.204. The van der Waals surface area contributed by atoms with Gasteiger partial charge < -0.3 is 20.3 Å². The molecular weight excluding hydrogens is 421 g/mol. The van der Waals surface area contributed by atoms with E-state index < -0.39 is 19.0 Å². The van der Waals surface area contributed by atoms with Crippen molar-refractivity contribution in [2.75, 3.05) is 13.1 Å². The molecule has 1 heterocycles. The molecule has 22 heavy (non-hydrogen) atoms. The second-order valence-corrected chi connectivity index (χ2v) is 6.67. The highest BCUT2D eigenvalue weighted by Gasteiger charge is 2.36. The average molecular weight is 436 g/mol. The fraction of sp³-hybridized carbons (Fsp3) is 0.385. The number of carbonyl (C=O) groups is 2. The van der Waals surface area contributed by atoms with Gasteiger partial charge in [0.05, 0.1) is 23.1 Å². The number of carbonyl (C=O) groups excluding carboxylic acids is 2. The molecule has 0 aromatic heterocycles. The van der Waals surface area contributed by atoms with Crippen molar-refractivity contribution < 1.29 is 19.6 Å². The molecule has 6 nitrogen and oxygen atoms in total. The molecule has 1 aliphatic heterocycles. The van der Waals surface area contributed by atoms with Gasteiger partial charge in [-0.15, -0.1) is 0 Å². The van der Waals surface area contributed by atoms with Gasteiger partial charge in [0.1, 0.15) is 0 Å². The van der Waals surface area contributed by atoms with E-state index in [0.717, 1.165) is 3.57 Å². The van der Waals surface area contributed by atoms with Crippen molar-refractivity contribution >= 4 is 53.1 Å². The fourth-order valence-electron chi connectivity index (χ4n) is 2.44. The zero-order chi connectivity index (χ0) is 16.3. The first-order valence-corrected chi connectivity index (χ1v) is 8.24. The van der Waals surface area contributed by atoms with Crippen LogP contribution in [0, 0.1) is 3.57 Å². The molecule has 1 unspecified atom stereocenters. The van der Waals surface area contributed by atoms with E-state index in [1.165, 1.54) is 4.90 Å². The van der Waals surface area contributed by atoms with Gasteiger partial charge >= 0.3 is 7.12 Å². The summed E-state index contributed by atoms with van der Waals surface area (Å²) in [4.78, 5) is 25.5. The molecule has 2 amide bonds. The summed E-state index contributed by atoms with van der Waals surface area (Å²) in [6.07, 6.45) is 1.26. The summed E-state index contributed by atoms with van der Waals surface area (Å²) in [6.45, 7) is 0.256. The van der Waals surface area contributed by atoms with Crippen LogP contribution in [0.4, 0.5) is 0 Å². The summed E-state index contributed by atoms with van der Waals surface area (Å²) in [5.74, 6) is -1.38. The normalized spacial score (nSPS) is 17.5. The minimum Gasteiger partial charge on any atom is -0.426 e. The first kappa shape index (κ1) is 17.5. The maximum absolute atomic E-state index is 12.1. The highest BCUT2D eigenvalue weighted by molar-refractivity contribution is 14.1. The van der Waals surface area contributed by atoms with Crippen LogP contribution in [-0.4, -0.2) is 52.9 Å². The number of hydrogen-bond acceptors (Lipinski definition) is 4. The Kier molecular flexibility index (Phi) is 6.07. The van der Waals surface area contributed by atoms with Gasteiger partial charge in [-0.25, -0.2) is 0 Å². The molecule has 0 aliphatic carbocycles. The van der Waals surface area contributed by atoms with E-state index in [9.17, 15) is 19.6 Å². The monoisotopic (exact) mass is 436 g/mol. The van der Waals surface area contributed by atoms with Crippen LogP contribution in [0.3, 0.4) is 0 Å². The van der Waals surface area contributed by atoms with Crippen molar-refractivity contribution in [1.82, 2.24) is 10.2 Å². The first-order valence-electron chi connectivity index (χ1n) is 6.79. The average Bonchev–Trinajstić information content (AvgIpc) is 2.94. The Morgan fingerprint density at radius 3 is 2.82 bits per heavy atom. The Morgan fingerprint density at radius 1 is 1.45 bits per heavy atom. The molecule has 1 atom stereocenters. The molecule has 0 saturated carbocycles. The lowest BCUT2D eigenvalue weighted by Crippen LogP contribution is -2.48. The lowest BCUT2D eigenvalue weighted by Gasteiger charge is -2.24. The third-order valence-corrected chi connectivity index (χ3v) is 4.52. The van der Waals surface area contributed by atoms with Gasteiger partial charge in [-0.2, -0.15) is 0 Å². The van der Waals surface area contributed by atoms with Gasteiger partial charge in [0.25, 0.3) is 5.91 Å². The van der Waals surface area contributed by atoms with Crippen LogP contribution in [0.25, 0.3) is 0 Å². The quantitative estimate of drug-likeness (QED) is 0.478. The Labute approximate surface area is 147 Å². The molecule has 2 rings (SSSR count). The van der Waals surface area contributed by atoms with Crippen molar-refractivity contribution in [2.45, 2.75) is 18.8 Å². The molecule has 0 bridgehead atoms. The Bertz CT molecular complexity index is 587. The molecular formula is C13H15BClIN2O4. The number of rotatable bonds is 4. The third-order valence-electron chi connectivity index (χ3n) is 3.54. The van der Waals surface area contributed by atoms with Crippen LogP contribution in [0.15, 0.2) is 18.2 Å². The van der Waals surface area contributed by atoms with E-state index >= 15 is 0 Å². The molecule has 0 radical (unpaired) electrons. The molecule has 1 aliphatic rings. The van der Waals surface area contributed by atoms with Gasteiger partial charge in [-0.05, 0) is 53.6 Å². The Hall–Kier alpha value is -0.835. The number of benzene rings is 1. The van der Waals surface area contributed by atoms with Crippen LogP contribution in [0.1, 0.15) is 23.2 Å². The van der Waals surface area contributed by atoms with Crippen molar-refractivity contribution in [1.29, 1.82) is 0 Å². The van der Waals surface area contributed by atoms with E-state index in [-0.39, 0.29) is 12.5 Å². The van der Waals surface area contributed by atoms with Crippen LogP contribution in [-0.2, 0) is 4.79 Å². The Morgan fingerprint density at radius 2 is 2.18 bits per heavy atom. The lowest BCUT2D eigenvalue weighted by molar-refractivity contribution is -0.130. The zero-order valence-corrected chi connectivity index (χ0v) is 14.5.